The molecule has 2 rings (SSSR count). The largest absolute Gasteiger partial charge is 0.493 e. The van der Waals surface area contributed by atoms with Gasteiger partial charge in [0.05, 0.1) is 25.3 Å². The molecule has 1 saturated heterocycles. The number of benzene rings is 1. The molecule has 0 unspecified atom stereocenters. The van der Waals surface area contributed by atoms with Crippen molar-refractivity contribution in [2.45, 2.75) is 39.2 Å². The fourth-order valence-electron chi connectivity index (χ4n) is 2.57. The Morgan fingerprint density at radius 1 is 1.33 bits per heavy atom. The first-order chi connectivity index (χ1) is 9.93. The highest BCUT2D eigenvalue weighted by molar-refractivity contribution is 5.95. The van der Waals surface area contributed by atoms with Crippen molar-refractivity contribution in [3.8, 4) is 5.75 Å². The number of carbonyl (C=O) groups is 1. The van der Waals surface area contributed by atoms with E-state index >= 15 is 0 Å². The molecule has 21 heavy (non-hydrogen) atoms. The van der Waals surface area contributed by atoms with Crippen LogP contribution in [-0.4, -0.2) is 41.2 Å². The number of likely N-dealkylation sites (tertiary alicyclic amines) is 1. The summed E-state index contributed by atoms with van der Waals surface area (Å²) >= 11 is 0. The number of ether oxygens (including phenoxy) is 1. The molecule has 0 aromatic heterocycles. The smallest absolute Gasteiger partial charge is 0.254 e. The lowest BCUT2D eigenvalue weighted by Gasteiger charge is -2.46. The van der Waals surface area contributed by atoms with Gasteiger partial charge in [-0.05, 0) is 36.6 Å². The minimum Gasteiger partial charge on any atom is -0.493 e. The van der Waals surface area contributed by atoms with Gasteiger partial charge < -0.3 is 14.7 Å². The molecule has 0 bridgehead atoms. The Kier molecular flexibility index (Phi) is 4.88. The second-order valence-corrected chi connectivity index (χ2v) is 6.36. The average Bonchev–Trinajstić information content (AvgIpc) is 2.42. The molecule has 1 aliphatic heterocycles. The molecular weight excluding hydrogens is 266 g/mol. The molecule has 1 aromatic rings. The van der Waals surface area contributed by atoms with Gasteiger partial charge in [-0.25, -0.2) is 0 Å². The molecular formula is C17H25NO3. The summed E-state index contributed by atoms with van der Waals surface area (Å²) < 4.78 is 5.60. The molecule has 0 radical (unpaired) electrons. The van der Waals surface area contributed by atoms with Crippen LogP contribution in [0.15, 0.2) is 24.3 Å². The van der Waals surface area contributed by atoms with Crippen molar-refractivity contribution in [3.05, 3.63) is 29.8 Å². The van der Waals surface area contributed by atoms with Crippen molar-refractivity contribution in [1.29, 1.82) is 0 Å². The van der Waals surface area contributed by atoms with Crippen LogP contribution >= 0.6 is 0 Å². The molecule has 1 heterocycles. The molecule has 0 saturated carbocycles. The van der Waals surface area contributed by atoms with E-state index in [0.29, 0.717) is 31.2 Å². The SMILES string of the molecule is CCCC1(O)CN(C(=O)c2ccc(OCC(C)C)cc2)C1. The Morgan fingerprint density at radius 3 is 2.48 bits per heavy atom. The first-order valence-corrected chi connectivity index (χ1v) is 7.68. The zero-order valence-corrected chi connectivity index (χ0v) is 13.1. The van der Waals surface area contributed by atoms with Gasteiger partial charge in [0, 0.05) is 5.56 Å². The molecule has 0 atom stereocenters. The van der Waals surface area contributed by atoms with Crippen LogP contribution in [0.1, 0.15) is 44.0 Å². The zero-order valence-electron chi connectivity index (χ0n) is 13.1. The van der Waals surface area contributed by atoms with E-state index in [1.54, 1.807) is 17.0 Å². The summed E-state index contributed by atoms with van der Waals surface area (Å²) in [7, 11) is 0. The van der Waals surface area contributed by atoms with Crippen LogP contribution < -0.4 is 4.74 Å². The van der Waals surface area contributed by atoms with Crippen LogP contribution in [0.4, 0.5) is 0 Å². The Balaban J connectivity index is 1.89. The zero-order chi connectivity index (χ0) is 15.5. The topological polar surface area (TPSA) is 49.8 Å². The number of hydrogen-bond donors (Lipinski definition) is 1. The predicted molar refractivity (Wildman–Crippen MR) is 82.5 cm³/mol. The number of hydrogen-bond acceptors (Lipinski definition) is 3. The van der Waals surface area contributed by atoms with E-state index in [0.717, 1.165) is 18.6 Å². The van der Waals surface area contributed by atoms with E-state index in [4.69, 9.17) is 4.74 Å². The van der Waals surface area contributed by atoms with Crippen molar-refractivity contribution >= 4 is 5.91 Å². The van der Waals surface area contributed by atoms with Crippen LogP contribution in [0.2, 0.25) is 0 Å². The van der Waals surface area contributed by atoms with Gasteiger partial charge in [-0.15, -0.1) is 0 Å². The van der Waals surface area contributed by atoms with E-state index in [2.05, 4.69) is 13.8 Å². The molecule has 116 valence electrons. The maximum absolute atomic E-state index is 12.3. The minimum absolute atomic E-state index is 0.0220. The Hall–Kier alpha value is -1.55. The monoisotopic (exact) mass is 291 g/mol. The molecule has 1 aromatic carbocycles. The van der Waals surface area contributed by atoms with Gasteiger partial charge in [-0.2, -0.15) is 0 Å². The molecule has 4 heteroatoms. The summed E-state index contributed by atoms with van der Waals surface area (Å²) in [6.07, 6.45) is 1.68. The molecule has 0 aliphatic carbocycles. The minimum atomic E-state index is -0.676. The van der Waals surface area contributed by atoms with Gasteiger partial charge in [0.25, 0.3) is 5.91 Å². The summed E-state index contributed by atoms with van der Waals surface area (Å²) in [6.45, 7) is 7.77. The molecule has 1 amide bonds. The highest BCUT2D eigenvalue weighted by Crippen LogP contribution is 2.27. The fraction of sp³-hybridized carbons (Fsp3) is 0.588. The predicted octanol–water partition coefficient (Wildman–Crippen LogP) is 2.71. The van der Waals surface area contributed by atoms with Crippen LogP contribution in [-0.2, 0) is 0 Å². The van der Waals surface area contributed by atoms with Crippen molar-refractivity contribution in [1.82, 2.24) is 4.90 Å². The highest BCUT2D eigenvalue weighted by atomic mass is 16.5. The standard InChI is InChI=1S/C17H25NO3/c1-4-9-17(20)11-18(12-17)16(19)14-5-7-15(8-6-14)21-10-13(2)3/h5-8,13,20H,4,9-12H2,1-3H3. The lowest BCUT2D eigenvalue weighted by atomic mass is 9.89. The number of rotatable bonds is 6. The lowest BCUT2D eigenvalue weighted by molar-refractivity contribution is -0.0860. The maximum Gasteiger partial charge on any atom is 0.254 e. The first-order valence-electron chi connectivity index (χ1n) is 7.68. The number of amides is 1. The second-order valence-electron chi connectivity index (χ2n) is 6.36. The Bertz CT molecular complexity index is 475. The number of carbonyl (C=O) groups excluding carboxylic acids is 1. The normalized spacial score (nSPS) is 16.7. The van der Waals surface area contributed by atoms with Crippen molar-refractivity contribution < 1.29 is 14.6 Å². The third-order valence-electron chi connectivity index (χ3n) is 3.66. The fourth-order valence-corrected chi connectivity index (χ4v) is 2.57. The first kappa shape index (κ1) is 15.8. The molecule has 0 spiro atoms. The van der Waals surface area contributed by atoms with Gasteiger partial charge in [-0.1, -0.05) is 27.2 Å². The average molecular weight is 291 g/mol. The number of nitrogens with zero attached hydrogens (tertiary/aromatic N) is 1. The summed E-state index contributed by atoms with van der Waals surface area (Å²) in [5.74, 6) is 1.24. The maximum atomic E-state index is 12.3. The van der Waals surface area contributed by atoms with E-state index in [1.807, 2.05) is 19.1 Å². The molecule has 1 N–H and O–H groups in total. The van der Waals surface area contributed by atoms with Crippen molar-refractivity contribution in [2.24, 2.45) is 5.92 Å². The van der Waals surface area contributed by atoms with Gasteiger partial charge >= 0.3 is 0 Å². The van der Waals surface area contributed by atoms with Gasteiger partial charge in [0.2, 0.25) is 0 Å². The van der Waals surface area contributed by atoms with Gasteiger partial charge in [0.15, 0.2) is 0 Å². The van der Waals surface area contributed by atoms with Crippen molar-refractivity contribution in [3.63, 3.8) is 0 Å². The van der Waals surface area contributed by atoms with Gasteiger partial charge in [0.1, 0.15) is 5.75 Å². The summed E-state index contributed by atoms with van der Waals surface area (Å²) in [5, 5.41) is 10.1. The van der Waals surface area contributed by atoms with E-state index in [9.17, 15) is 9.90 Å². The molecule has 1 fully saturated rings. The van der Waals surface area contributed by atoms with E-state index < -0.39 is 5.60 Å². The van der Waals surface area contributed by atoms with Crippen molar-refractivity contribution in [2.75, 3.05) is 19.7 Å². The van der Waals surface area contributed by atoms with E-state index in [-0.39, 0.29) is 5.91 Å². The number of aliphatic hydroxyl groups is 1. The summed E-state index contributed by atoms with van der Waals surface area (Å²) in [5.41, 5.74) is -0.0319. The Morgan fingerprint density at radius 2 is 1.95 bits per heavy atom. The number of β-amino-alcohol motifs (C(OH)–C–C–N with tert-alkyl or cyclic N) is 1. The summed E-state index contributed by atoms with van der Waals surface area (Å²) in [6, 6.07) is 7.23. The van der Waals surface area contributed by atoms with Crippen LogP contribution in [0.25, 0.3) is 0 Å². The molecule has 4 nitrogen and oxygen atoms in total. The van der Waals surface area contributed by atoms with Crippen LogP contribution in [0, 0.1) is 5.92 Å². The van der Waals surface area contributed by atoms with Gasteiger partial charge in [-0.3, -0.25) is 4.79 Å². The third-order valence-corrected chi connectivity index (χ3v) is 3.66. The highest BCUT2D eigenvalue weighted by Gasteiger charge is 2.42. The lowest BCUT2D eigenvalue weighted by Crippen LogP contribution is -2.63. The third kappa shape index (κ3) is 3.97. The molecule has 1 aliphatic rings. The quantitative estimate of drug-likeness (QED) is 0.876. The second kappa shape index (κ2) is 6.48. The van der Waals surface area contributed by atoms with Crippen LogP contribution in [0.5, 0.6) is 5.75 Å². The summed E-state index contributed by atoms with van der Waals surface area (Å²) in [4.78, 5) is 14.0. The van der Waals surface area contributed by atoms with Crippen LogP contribution in [0.3, 0.4) is 0 Å². The van der Waals surface area contributed by atoms with E-state index in [1.165, 1.54) is 0 Å². The Labute approximate surface area is 126 Å².